The molecule has 3 aromatic carbocycles. The van der Waals surface area contributed by atoms with E-state index < -0.39 is 0 Å². The minimum Gasteiger partial charge on any atom is -0.487 e. The molecule has 0 N–H and O–H groups in total. The van der Waals surface area contributed by atoms with Gasteiger partial charge in [-0.15, -0.1) is 0 Å². The van der Waals surface area contributed by atoms with Crippen LogP contribution in [0.4, 0.5) is 0 Å². The van der Waals surface area contributed by atoms with Crippen LogP contribution in [0.25, 0.3) is 0 Å². The summed E-state index contributed by atoms with van der Waals surface area (Å²) < 4.78 is 13.9. The Kier molecular flexibility index (Phi) is 5.00. The smallest absolute Gasteiger partial charge is 0.310 e. The Labute approximate surface area is 237 Å². The first-order valence-corrected chi connectivity index (χ1v) is 15.8. The average molecular weight is 531 g/mol. The topological polar surface area (TPSA) is 35.5 Å². The van der Waals surface area contributed by atoms with E-state index in [-0.39, 0.29) is 34.9 Å². The van der Waals surface area contributed by atoms with Gasteiger partial charge in [-0.1, -0.05) is 60.7 Å². The third kappa shape index (κ3) is 3.45. The van der Waals surface area contributed by atoms with Gasteiger partial charge in [0.05, 0.1) is 5.92 Å². The summed E-state index contributed by atoms with van der Waals surface area (Å²) in [6, 6.07) is 24.3. The van der Waals surface area contributed by atoms with Crippen LogP contribution in [0.5, 0.6) is 5.75 Å². The number of aryl methyl sites for hydroxylation is 1. The number of rotatable bonds is 4. The molecule has 0 aromatic heterocycles. The van der Waals surface area contributed by atoms with E-state index in [1.54, 1.807) is 0 Å². The lowest BCUT2D eigenvalue weighted by molar-refractivity contribution is -0.217. The molecule has 40 heavy (non-hydrogen) atoms. The van der Waals surface area contributed by atoms with Crippen molar-refractivity contribution in [3.05, 3.63) is 100 Å². The second-order valence-electron chi connectivity index (χ2n) is 14.1. The first-order valence-electron chi connectivity index (χ1n) is 15.8. The Morgan fingerprint density at radius 2 is 1.35 bits per heavy atom. The maximum atomic E-state index is 14.3. The van der Waals surface area contributed by atoms with Crippen molar-refractivity contribution in [2.45, 2.75) is 93.7 Å². The number of fused-ring (bicyclic) bond motifs is 2. The van der Waals surface area contributed by atoms with Crippen molar-refractivity contribution in [3.63, 3.8) is 0 Å². The summed E-state index contributed by atoms with van der Waals surface area (Å²) in [5.74, 6) is 2.60. The van der Waals surface area contributed by atoms with Crippen LogP contribution in [-0.4, -0.2) is 17.2 Å². The van der Waals surface area contributed by atoms with E-state index >= 15 is 0 Å². The Morgan fingerprint density at radius 1 is 0.700 bits per heavy atom. The fourth-order valence-electron chi connectivity index (χ4n) is 10.6. The molecule has 0 spiro atoms. The molecule has 0 saturated heterocycles. The number of benzene rings is 3. The lowest BCUT2D eigenvalue weighted by atomic mass is 9.52. The number of carbonyl (C=O) groups excluding carboxylic acids is 1. The van der Waals surface area contributed by atoms with Gasteiger partial charge in [0.1, 0.15) is 17.0 Å². The number of hydrogen-bond acceptors (Lipinski definition) is 3. The number of hydrogen-bond donors (Lipinski definition) is 0. The van der Waals surface area contributed by atoms with Gasteiger partial charge >= 0.3 is 5.97 Å². The predicted molar refractivity (Wildman–Crippen MR) is 155 cm³/mol. The molecule has 3 heteroatoms. The second-order valence-corrected chi connectivity index (χ2v) is 14.1. The van der Waals surface area contributed by atoms with E-state index in [1.807, 2.05) is 0 Å². The minimum atomic E-state index is -0.369. The summed E-state index contributed by atoms with van der Waals surface area (Å²) in [4.78, 5) is 14.3. The van der Waals surface area contributed by atoms with Gasteiger partial charge in [0.25, 0.3) is 0 Å². The third-order valence-electron chi connectivity index (χ3n) is 11.6. The summed E-state index contributed by atoms with van der Waals surface area (Å²) in [5.41, 5.74) is 7.82. The number of carbonyl (C=O) groups is 1. The third-order valence-corrected chi connectivity index (χ3v) is 11.6. The maximum absolute atomic E-state index is 14.3. The monoisotopic (exact) mass is 530 g/mol. The van der Waals surface area contributed by atoms with Gasteiger partial charge in [-0.2, -0.15) is 0 Å². The van der Waals surface area contributed by atoms with E-state index in [2.05, 4.69) is 66.7 Å². The Hall–Kier alpha value is -3.07. The van der Waals surface area contributed by atoms with Gasteiger partial charge < -0.3 is 9.47 Å². The first kappa shape index (κ1) is 23.6. The molecule has 4 saturated carbocycles. The molecule has 3 atom stereocenters. The van der Waals surface area contributed by atoms with Crippen molar-refractivity contribution < 1.29 is 14.3 Å². The van der Waals surface area contributed by atoms with Gasteiger partial charge in [0.2, 0.25) is 0 Å². The van der Waals surface area contributed by atoms with Crippen LogP contribution in [0, 0.1) is 17.8 Å². The summed E-state index contributed by atoms with van der Waals surface area (Å²) in [6.07, 6.45) is 12.1. The molecule has 8 aliphatic carbocycles. The molecule has 6 bridgehead atoms. The predicted octanol–water partition coefficient (Wildman–Crippen LogP) is 7.88. The average Bonchev–Trinajstić information content (AvgIpc) is 2.96. The molecule has 0 amide bonds. The highest BCUT2D eigenvalue weighted by atomic mass is 16.6. The van der Waals surface area contributed by atoms with E-state index in [0.29, 0.717) is 11.8 Å². The quantitative estimate of drug-likeness (QED) is 0.322. The molecule has 0 radical (unpaired) electrons. The van der Waals surface area contributed by atoms with Crippen molar-refractivity contribution in [1.82, 2.24) is 0 Å². The molecular weight excluding hydrogens is 492 g/mol. The zero-order chi connectivity index (χ0) is 26.5. The lowest BCUT2D eigenvalue weighted by Crippen LogP contribution is -2.63. The highest BCUT2D eigenvalue weighted by molar-refractivity contribution is 5.78. The van der Waals surface area contributed by atoms with Crippen LogP contribution in [0.1, 0.15) is 103 Å². The molecule has 3 aromatic rings. The Bertz CT molecular complexity index is 1460. The lowest BCUT2D eigenvalue weighted by Gasteiger charge is -2.61. The molecule has 11 rings (SSSR count). The van der Waals surface area contributed by atoms with Crippen LogP contribution >= 0.6 is 0 Å². The summed E-state index contributed by atoms with van der Waals surface area (Å²) in [6.45, 7) is 0. The van der Waals surface area contributed by atoms with Crippen molar-refractivity contribution in [3.8, 4) is 5.75 Å². The Morgan fingerprint density at radius 3 is 2.08 bits per heavy atom. The van der Waals surface area contributed by atoms with Crippen molar-refractivity contribution in [1.29, 1.82) is 0 Å². The fourth-order valence-corrected chi connectivity index (χ4v) is 10.6. The van der Waals surface area contributed by atoms with Crippen LogP contribution < -0.4 is 4.74 Å². The standard InChI is InChI=1S/C37H38O3/c38-35(32-17-31-27-11-3-5-13-29(27)34(32)30-14-6-4-12-28(30)31)40-37-20-23-16-24(21-37)19-36(18-23,22-37)39-33-15-7-9-25-8-1-2-10-26(25)33/h3-7,9,11-15,23-24,31-32,34H,1-2,8,10,16-22H2. The van der Waals surface area contributed by atoms with E-state index in [4.69, 9.17) is 9.47 Å². The van der Waals surface area contributed by atoms with Gasteiger partial charge in [0, 0.05) is 18.3 Å². The summed E-state index contributed by atoms with van der Waals surface area (Å²) >= 11 is 0. The molecule has 0 aliphatic heterocycles. The first-order chi connectivity index (χ1) is 19.6. The molecule has 204 valence electrons. The molecule has 0 heterocycles. The van der Waals surface area contributed by atoms with E-state index in [0.717, 1.165) is 50.7 Å². The van der Waals surface area contributed by atoms with Crippen LogP contribution in [0.3, 0.4) is 0 Å². The van der Waals surface area contributed by atoms with Gasteiger partial charge in [-0.05, 0) is 115 Å². The van der Waals surface area contributed by atoms with Crippen LogP contribution in [0.2, 0.25) is 0 Å². The highest BCUT2D eigenvalue weighted by Crippen LogP contribution is 2.62. The van der Waals surface area contributed by atoms with Crippen LogP contribution in [-0.2, 0) is 22.4 Å². The molecular formula is C37H38O3. The number of ether oxygens (including phenoxy) is 2. The second kappa shape index (κ2) is 8.47. The molecule has 3 unspecified atom stereocenters. The SMILES string of the molecule is O=C(OC12CC3CC(C1)CC(Oc1cccc4c1CCCC4)(C3)C2)C1CC2c3ccccc3C1c1ccccc12. The molecule has 3 nitrogen and oxygen atoms in total. The van der Waals surface area contributed by atoms with Crippen molar-refractivity contribution >= 4 is 5.97 Å². The zero-order valence-corrected chi connectivity index (χ0v) is 23.2. The van der Waals surface area contributed by atoms with Crippen molar-refractivity contribution in [2.75, 3.05) is 0 Å². The summed E-state index contributed by atoms with van der Waals surface area (Å²) in [7, 11) is 0. The Balaban J connectivity index is 1.03. The van der Waals surface area contributed by atoms with Gasteiger partial charge in [-0.3, -0.25) is 4.79 Å². The van der Waals surface area contributed by atoms with Crippen molar-refractivity contribution in [2.24, 2.45) is 17.8 Å². The maximum Gasteiger partial charge on any atom is 0.310 e. The summed E-state index contributed by atoms with van der Waals surface area (Å²) in [5, 5.41) is 0. The zero-order valence-electron chi connectivity index (χ0n) is 23.2. The molecule has 4 fully saturated rings. The highest BCUT2D eigenvalue weighted by Gasteiger charge is 2.62. The number of esters is 1. The van der Waals surface area contributed by atoms with E-state index in [1.165, 1.54) is 59.1 Å². The fraction of sp³-hybridized carbons (Fsp3) is 0.486. The largest absolute Gasteiger partial charge is 0.487 e. The van der Waals surface area contributed by atoms with E-state index in [9.17, 15) is 4.79 Å². The van der Waals surface area contributed by atoms with Crippen LogP contribution in [0.15, 0.2) is 66.7 Å². The minimum absolute atomic E-state index is 0.0354. The normalized spacial score (nSPS) is 36.0. The van der Waals surface area contributed by atoms with Gasteiger partial charge in [-0.25, -0.2) is 0 Å². The van der Waals surface area contributed by atoms with Gasteiger partial charge in [0.15, 0.2) is 0 Å². The molecule has 8 aliphatic rings.